The van der Waals surface area contributed by atoms with E-state index in [1.165, 1.54) is 18.6 Å². The van der Waals surface area contributed by atoms with Gasteiger partial charge < -0.3 is 10.2 Å². The first-order valence-electron chi connectivity index (χ1n) is 7.31. The van der Waals surface area contributed by atoms with Crippen molar-refractivity contribution in [3.8, 4) is 0 Å². The third-order valence-electron chi connectivity index (χ3n) is 4.00. The number of likely N-dealkylation sites (tertiary alicyclic amines) is 1. The lowest BCUT2D eigenvalue weighted by molar-refractivity contribution is -0.136. The number of hydrogen-bond acceptors (Lipinski definition) is 3. The first-order chi connectivity index (χ1) is 8.64. The second kappa shape index (κ2) is 6.29. The average Bonchev–Trinajstić information content (AvgIpc) is 2.77. The van der Waals surface area contributed by atoms with Crippen LogP contribution in [-0.2, 0) is 4.79 Å². The van der Waals surface area contributed by atoms with Crippen LogP contribution in [-0.4, -0.2) is 47.0 Å². The quantitative estimate of drug-likeness (QED) is 0.832. The number of hydrogen-bond donors (Lipinski definition) is 1. The van der Waals surface area contributed by atoms with Crippen LogP contribution in [0.2, 0.25) is 0 Å². The van der Waals surface area contributed by atoms with Gasteiger partial charge in [-0.3, -0.25) is 4.79 Å². The molecule has 0 aliphatic carbocycles. The Kier molecular flexibility index (Phi) is 4.96. The molecule has 0 aromatic carbocycles. The number of amides is 1. The molecule has 0 spiro atoms. The fourth-order valence-corrected chi connectivity index (χ4v) is 4.29. The lowest BCUT2D eigenvalue weighted by atomic mass is 10.00. The summed E-state index contributed by atoms with van der Waals surface area (Å²) >= 11 is 2.05. The molecule has 18 heavy (non-hydrogen) atoms. The van der Waals surface area contributed by atoms with Gasteiger partial charge in [-0.1, -0.05) is 6.92 Å². The maximum absolute atomic E-state index is 12.4. The third-order valence-corrected chi connectivity index (χ3v) is 5.52. The standard InChI is InChI=1S/C14H26N2OS/c1-3-8-15-12-6-4-9-16(13(12)17)11-14(2)7-5-10-18-14/h12,15H,3-11H2,1-2H3. The van der Waals surface area contributed by atoms with Crippen molar-refractivity contribution in [1.29, 1.82) is 0 Å². The molecule has 2 unspecified atom stereocenters. The molecule has 1 amide bonds. The van der Waals surface area contributed by atoms with Gasteiger partial charge in [-0.05, 0) is 51.3 Å². The zero-order valence-corrected chi connectivity index (χ0v) is 12.5. The molecular formula is C14H26N2OS. The van der Waals surface area contributed by atoms with Gasteiger partial charge in [0.1, 0.15) is 0 Å². The Hall–Kier alpha value is -0.220. The minimum Gasteiger partial charge on any atom is -0.340 e. The molecule has 2 saturated heterocycles. The van der Waals surface area contributed by atoms with Crippen LogP contribution in [0, 0.1) is 0 Å². The lowest BCUT2D eigenvalue weighted by Gasteiger charge is -2.37. The smallest absolute Gasteiger partial charge is 0.239 e. The van der Waals surface area contributed by atoms with E-state index in [0.29, 0.717) is 10.7 Å². The van der Waals surface area contributed by atoms with Gasteiger partial charge in [0.15, 0.2) is 0 Å². The summed E-state index contributed by atoms with van der Waals surface area (Å²) in [4.78, 5) is 14.5. The molecule has 0 saturated carbocycles. The monoisotopic (exact) mass is 270 g/mol. The van der Waals surface area contributed by atoms with Crippen LogP contribution in [0.4, 0.5) is 0 Å². The van der Waals surface area contributed by atoms with Crippen molar-refractivity contribution in [2.24, 2.45) is 0 Å². The van der Waals surface area contributed by atoms with E-state index in [-0.39, 0.29) is 6.04 Å². The van der Waals surface area contributed by atoms with E-state index in [4.69, 9.17) is 0 Å². The van der Waals surface area contributed by atoms with E-state index in [2.05, 4.69) is 24.1 Å². The average molecular weight is 270 g/mol. The van der Waals surface area contributed by atoms with Crippen molar-refractivity contribution >= 4 is 17.7 Å². The SMILES string of the molecule is CCCNC1CCCN(CC2(C)CCCS2)C1=O. The Morgan fingerprint density at radius 1 is 1.50 bits per heavy atom. The Bertz CT molecular complexity index is 290. The van der Waals surface area contributed by atoms with Crippen molar-refractivity contribution in [3.63, 3.8) is 0 Å². The highest BCUT2D eigenvalue weighted by Crippen LogP contribution is 2.38. The molecule has 0 aromatic heterocycles. The normalized spacial score (nSPS) is 33.1. The predicted molar refractivity (Wildman–Crippen MR) is 78.0 cm³/mol. The largest absolute Gasteiger partial charge is 0.340 e. The van der Waals surface area contributed by atoms with Gasteiger partial charge in [-0.15, -0.1) is 0 Å². The summed E-state index contributed by atoms with van der Waals surface area (Å²) in [6.45, 7) is 7.33. The molecule has 104 valence electrons. The number of carbonyl (C=O) groups excluding carboxylic acids is 1. The third kappa shape index (κ3) is 3.41. The minimum atomic E-state index is 0.0775. The summed E-state index contributed by atoms with van der Waals surface area (Å²) in [5.74, 6) is 1.60. The molecule has 3 nitrogen and oxygen atoms in total. The Morgan fingerprint density at radius 3 is 3.00 bits per heavy atom. The summed E-state index contributed by atoms with van der Waals surface area (Å²) in [6.07, 6.45) is 5.82. The summed E-state index contributed by atoms with van der Waals surface area (Å²) in [5, 5.41) is 3.39. The highest BCUT2D eigenvalue weighted by atomic mass is 32.2. The highest BCUT2D eigenvalue weighted by molar-refractivity contribution is 8.00. The van der Waals surface area contributed by atoms with Crippen LogP contribution >= 0.6 is 11.8 Å². The number of rotatable bonds is 5. The minimum absolute atomic E-state index is 0.0775. The molecule has 2 aliphatic rings. The van der Waals surface area contributed by atoms with Crippen LogP contribution < -0.4 is 5.32 Å². The van der Waals surface area contributed by atoms with Gasteiger partial charge in [0.05, 0.1) is 6.04 Å². The van der Waals surface area contributed by atoms with Crippen LogP contribution in [0.25, 0.3) is 0 Å². The van der Waals surface area contributed by atoms with E-state index in [9.17, 15) is 4.79 Å². The van der Waals surface area contributed by atoms with Crippen LogP contribution in [0.5, 0.6) is 0 Å². The molecule has 0 bridgehead atoms. The van der Waals surface area contributed by atoms with E-state index in [0.717, 1.165) is 38.9 Å². The Labute approximate surface area is 115 Å². The number of piperidine rings is 1. The van der Waals surface area contributed by atoms with Gasteiger partial charge in [0, 0.05) is 17.8 Å². The molecular weight excluding hydrogens is 244 g/mol. The summed E-state index contributed by atoms with van der Waals surface area (Å²) in [5.41, 5.74) is 0. The Morgan fingerprint density at radius 2 is 2.33 bits per heavy atom. The fraction of sp³-hybridized carbons (Fsp3) is 0.929. The van der Waals surface area contributed by atoms with Crippen LogP contribution in [0.1, 0.15) is 46.0 Å². The molecule has 0 aromatic rings. The summed E-state index contributed by atoms with van der Waals surface area (Å²) in [6, 6.07) is 0.0775. The van der Waals surface area contributed by atoms with E-state index < -0.39 is 0 Å². The second-order valence-electron chi connectivity index (χ2n) is 5.81. The van der Waals surface area contributed by atoms with Gasteiger partial charge in [-0.2, -0.15) is 11.8 Å². The molecule has 4 heteroatoms. The van der Waals surface area contributed by atoms with Crippen LogP contribution in [0.15, 0.2) is 0 Å². The summed E-state index contributed by atoms with van der Waals surface area (Å²) < 4.78 is 0.308. The summed E-state index contributed by atoms with van der Waals surface area (Å²) in [7, 11) is 0. The van der Waals surface area contributed by atoms with Crippen molar-refractivity contribution < 1.29 is 4.79 Å². The topological polar surface area (TPSA) is 32.3 Å². The van der Waals surface area contributed by atoms with Gasteiger partial charge in [0.25, 0.3) is 0 Å². The van der Waals surface area contributed by atoms with Crippen molar-refractivity contribution in [1.82, 2.24) is 10.2 Å². The van der Waals surface area contributed by atoms with E-state index in [1.54, 1.807) is 0 Å². The van der Waals surface area contributed by atoms with Crippen molar-refractivity contribution in [2.45, 2.75) is 56.7 Å². The van der Waals surface area contributed by atoms with E-state index in [1.807, 2.05) is 11.8 Å². The first kappa shape index (κ1) is 14.2. The van der Waals surface area contributed by atoms with Crippen molar-refractivity contribution in [3.05, 3.63) is 0 Å². The predicted octanol–water partition coefficient (Wildman–Crippen LogP) is 2.26. The maximum Gasteiger partial charge on any atom is 0.239 e. The van der Waals surface area contributed by atoms with Crippen molar-refractivity contribution in [2.75, 3.05) is 25.4 Å². The Balaban J connectivity index is 1.89. The molecule has 2 atom stereocenters. The van der Waals surface area contributed by atoms with E-state index >= 15 is 0 Å². The molecule has 1 N–H and O–H groups in total. The van der Waals surface area contributed by atoms with Gasteiger partial charge in [0.2, 0.25) is 5.91 Å². The molecule has 2 rings (SSSR count). The van der Waals surface area contributed by atoms with Gasteiger partial charge in [-0.25, -0.2) is 0 Å². The highest BCUT2D eigenvalue weighted by Gasteiger charge is 2.36. The maximum atomic E-state index is 12.4. The number of nitrogens with one attached hydrogen (secondary N) is 1. The molecule has 0 radical (unpaired) electrons. The lowest BCUT2D eigenvalue weighted by Crippen LogP contribution is -2.53. The fourth-order valence-electron chi connectivity index (χ4n) is 2.97. The number of nitrogens with zero attached hydrogens (tertiary/aromatic N) is 1. The zero-order chi connectivity index (χ0) is 13.0. The van der Waals surface area contributed by atoms with Crippen LogP contribution in [0.3, 0.4) is 0 Å². The molecule has 2 fully saturated rings. The van der Waals surface area contributed by atoms with Gasteiger partial charge >= 0.3 is 0 Å². The number of thioether (sulfide) groups is 1. The number of carbonyl (C=O) groups is 1. The second-order valence-corrected chi connectivity index (χ2v) is 7.49. The zero-order valence-electron chi connectivity index (χ0n) is 11.7. The molecule has 2 aliphatic heterocycles. The first-order valence-corrected chi connectivity index (χ1v) is 8.29. The molecule has 2 heterocycles.